The summed E-state index contributed by atoms with van der Waals surface area (Å²) in [4.78, 5) is 28.8. The number of aryl methyl sites for hydroxylation is 1. The summed E-state index contributed by atoms with van der Waals surface area (Å²) >= 11 is 0. The summed E-state index contributed by atoms with van der Waals surface area (Å²) in [5.41, 5.74) is 5.19. The molecular formula is C22H20N2O3. The Morgan fingerprint density at radius 3 is 2.52 bits per heavy atom. The van der Waals surface area contributed by atoms with Crippen LogP contribution >= 0.6 is 0 Å². The van der Waals surface area contributed by atoms with Crippen LogP contribution in [0.15, 0.2) is 54.6 Å². The molecule has 2 N–H and O–H groups in total. The molecular weight excluding hydrogens is 340 g/mol. The Labute approximate surface area is 157 Å². The smallest absolute Gasteiger partial charge is 0.340 e. The maximum absolute atomic E-state index is 12.8. The number of amides is 1. The summed E-state index contributed by atoms with van der Waals surface area (Å²) in [6.45, 7) is 3.91. The average Bonchev–Trinajstić information content (AvgIpc) is 3.18. The number of esters is 1. The van der Waals surface area contributed by atoms with Gasteiger partial charge in [0.25, 0.3) is 0 Å². The maximum atomic E-state index is 12.8. The number of nitrogens with one attached hydrogen (secondary N) is 2. The van der Waals surface area contributed by atoms with E-state index in [1.54, 1.807) is 6.92 Å². The second-order valence-corrected chi connectivity index (χ2v) is 6.51. The summed E-state index contributed by atoms with van der Waals surface area (Å²) in [6, 6.07) is 17.3. The standard InChI is InChI=1S/C22H20N2O3/c1-3-27-22(26)17-13(2)23-20(18(17)14-9-5-4-6-10-14)19-15-11-7-8-12-16(15)24-21(19)25/h4-12,19,23H,3H2,1-2H3,(H,24,25). The van der Waals surface area contributed by atoms with Crippen LogP contribution in [0.3, 0.4) is 0 Å². The zero-order valence-electron chi connectivity index (χ0n) is 15.2. The highest BCUT2D eigenvalue weighted by atomic mass is 16.5. The van der Waals surface area contributed by atoms with Gasteiger partial charge in [0.15, 0.2) is 0 Å². The summed E-state index contributed by atoms with van der Waals surface area (Å²) in [6.07, 6.45) is 0. The molecule has 4 rings (SSSR count). The summed E-state index contributed by atoms with van der Waals surface area (Å²) in [7, 11) is 0. The Bertz CT molecular complexity index is 1020. The Morgan fingerprint density at radius 1 is 1.07 bits per heavy atom. The molecule has 1 atom stereocenters. The molecule has 5 nitrogen and oxygen atoms in total. The molecule has 1 unspecified atom stereocenters. The van der Waals surface area contributed by atoms with Gasteiger partial charge in [-0.2, -0.15) is 0 Å². The third-order valence-electron chi connectivity index (χ3n) is 4.84. The van der Waals surface area contributed by atoms with Gasteiger partial charge in [-0.1, -0.05) is 48.5 Å². The van der Waals surface area contributed by atoms with E-state index in [9.17, 15) is 9.59 Å². The van der Waals surface area contributed by atoms with E-state index in [1.165, 1.54) is 0 Å². The van der Waals surface area contributed by atoms with Crippen LogP contribution in [0.25, 0.3) is 11.1 Å². The third kappa shape index (κ3) is 2.81. The first kappa shape index (κ1) is 17.1. The maximum Gasteiger partial charge on any atom is 0.340 e. The van der Waals surface area contributed by atoms with Crippen LogP contribution in [0.1, 0.15) is 40.2 Å². The molecule has 0 fully saturated rings. The van der Waals surface area contributed by atoms with Crippen molar-refractivity contribution in [2.75, 3.05) is 11.9 Å². The molecule has 5 heteroatoms. The van der Waals surface area contributed by atoms with Crippen molar-refractivity contribution in [2.24, 2.45) is 0 Å². The number of ether oxygens (including phenoxy) is 1. The number of rotatable bonds is 4. The second-order valence-electron chi connectivity index (χ2n) is 6.51. The first-order valence-electron chi connectivity index (χ1n) is 8.96. The van der Waals surface area contributed by atoms with E-state index in [0.29, 0.717) is 23.6 Å². The molecule has 1 aliphatic heterocycles. The SMILES string of the molecule is CCOC(=O)c1c(C)[nH]c(C2C(=O)Nc3ccccc32)c1-c1ccccc1. The van der Waals surface area contributed by atoms with E-state index in [0.717, 1.165) is 22.4 Å². The molecule has 0 aliphatic carbocycles. The van der Waals surface area contributed by atoms with Crippen molar-refractivity contribution < 1.29 is 14.3 Å². The van der Waals surface area contributed by atoms with Crippen LogP contribution in [-0.2, 0) is 9.53 Å². The lowest BCUT2D eigenvalue weighted by atomic mass is 9.90. The number of aromatic amines is 1. The highest BCUT2D eigenvalue weighted by Crippen LogP contribution is 2.42. The Morgan fingerprint density at radius 2 is 1.78 bits per heavy atom. The third-order valence-corrected chi connectivity index (χ3v) is 4.84. The number of anilines is 1. The fourth-order valence-corrected chi connectivity index (χ4v) is 3.72. The molecule has 1 aromatic heterocycles. The lowest BCUT2D eigenvalue weighted by molar-refractivity contribution is -0.116. The van der Waals surface area contributed by atoms with Crippen LogP contribution in [0.5, 0.6) is 0 Å². The van der Waals surface area contributed by atoms with E-state index in [4.69, 9.17) is 4.74 Å². The van der Waals surface area contributed by atoms with Gasteiger partial charge in [-0.05, 0) is 31.0 Å². The predicted octanol–water partition coefficient (Wildman–Crippen LogP) is 4.25. The number of benzene rings is 2. The van der Waals surface area contributed by atoms with E-state index in [-0.39, 0.29) is 11.9 Å². The number of H-pyrrole nitrogens is 1. The van der Waals surface area contributed by atoms with Crippen molar-refractivity contribution in [1.82, 2.24) is 4.98 Å². The normalized spacial score (nSPS) is 15.3. The zero-order valence-corrected chi connectivity index (χ0v) is 15.2. The van der Waals surface area contributed by atoms with Crippen LogP contribution in [-0.4, -0.2) is 23.5 Å². The van der Waals surface area contributed by atoms with Gasteiger partial charge in [-0.3, -0.25) is 4.79 Å². The quantitative estimate of drug-likeness (QED) is 0.683. The molecule has 0 saturated heterocycles. The molecule has 2 aromatic carbocycles. The molecule has 0 spiro atoms. The van der Waals surface area contributed by atoms with Crippen molar-refractivity contribution in [2.45, 2.75) is 19.8 Å². The molecule has 136 valence electrons. The number of hydrogen-bond donors (Lipinski definition) is 2. The lowest BCUT2D eigenvalue weighted by Gasteiger charge is -2.12. The molecule has 27 heavy (non-hydrogen) atoms. The Balaban J connectivity index is 1.96. The second kappa shape index (κ2) is 6.76. The molecule has 1 aliphatic rings. The minimum Gasteiger partial charge on any atom is -0.462 e. The van der Waals surface area contributed by atoms with Gasteiger partial charge in [0, 0.05) is 22.6 Å². The van der Waals surface area contributed by atoms with Gasteiger partial charge >= 0.3 is 5.97 Å². The Kier molecular flexibility index (Phi) is 4.28. The first-order valence-corrected chi connectivity index (χ1v) is 8.96. The van der Waals surface area contributed by atoms with Crippen molar-refractivity contribution in [3.63, 3.8) is 0 Å². The van der Waals surface area contributed by atoms with Crippen LogP contribution in [0.4, 0.5) is 5.69 Å². The predicted molar refractivity (Wildman–Crippen MR) is 104 cm³/mol. The molecule has 2 heterocycles. The molecule has 3 aromatic rings. The van der Waals surface area contributed by atoms with Crippen LogP contribution < -0.4 is 5.32 Å². The van der Waals surface area contributed by atoms with Gasteiger partial charge in [0.1, 0.15) is 5.92 Å². The minimum atomic E-state index is -0.502. The van der Waals surface area contributed by atoms with Crippen molar-refractivity contribution >= 4 is 17.6 Å². The van der Waals surface area contributed by atoms with E-state index in [2.05, 4.69) is 10.3 Å². The van der Waals surface area contributed by atoms with Gasteiger partial charge in [-0.15, -0.1) is 0 Å². The van der Waals surface area contributed by atoms with Gasteiger partial charge < -0.3 is 15.0 Å². The van der Waals surface area contributed by atoms with E-state index < -0.39 is 5.92 Å². The number of carbonyl (C=O) groups excluding carboxylic acids is 2. The summed E-state index contributed by atoms with van der Waals surface area (Å²) < 4.78 is 5.28. The average molecular weight is 360 g/mol. The van der Waals surface area contributed by atoms with Crippen LogP contribution in [0, 0.1) is 6.92 Å². The van der Waals surface area contributed by atoms with Gasteiger partial charge in [0.05, 0.1) is 12.2 Å². The number of carbonyl (C=O) groups is 2. The number of para-hydroxylation sites is 1. The highest BCUT2D eigenvalue weighted by molar-refractivity contribution is 6.07. The van der Waals surface area contributed by atoms with Gasteiger partial charge in [0.2, 0.25) is 5.91 Å². The van der Waals surface area contributed by atoms with Crippen molar-refractivity contribution in [3.05, 3.63) is 77.1 Å². The number of fused-ring (bicyclic) bond motifs is 1. The highest BCUT2D eigenvalue weighted by Gasteiger charge is 2.37. The molecule has 0 saturated carbocycles. The van der Waals surface area contributed by atoms with E-state index in [1.807, 2.05) is 61.5 Å². The first-order chi connectivity index (χ1) is 13.1. The minimum absolute atomic E-state index is 0.106. The molecule has 0 bridgehead atoms. The van der Waals surface area contributed by atoms with Crippen LogP contribution in [0.2, 0.25) is 0 Å². The number of hydrogen-bond acceptors (Lipinski definition) is 3. The fraction of sp³-hybridized carbons (Fsp3) is 0.182. The molecule has 0 radical (unpaired) electrons. The Hall–Kier alpha value is -3.34. The summed E-state index contributed by atoms with van der Waals surface area (Å²) in [5, 5.41) is 2.93. The summed E-state index contributed by atoms with van der Waals surface area (Å²) in [5.74, 6) is -0.994. The topological polar surface area (TPSA) is 71.2 Å². The largest absolute Gasteiger partial charge is 0.462 e. The fourth-order valence-electron chi connectivity index (χ4n) is 3.72. The van der Waals surface area contributed by atoms with Crippen molar-refractivity contribution in [1.29, 1.82) is 0 Å². The zero-order chi connectivity index (χ0) is 19.0. The number of aromatic nitrogens is 1. The lowest BCUT2D eigenvalue weighted by Crippen LogP contribution is -2.14. The molecule has 1 amide bonds. The van der Waals surface area contributed by atoms with E-state index >= 15 is 0 Å². The van der Waals surface area contributed by atoms with Crippen molar-refractivity contribution in [3.8, 4) is 11.1 Å². The van der Waals surface area contributed by atoms with Gasteiger partial charge in [-0.25, -0.2) is 4.79 Å². The monoisotopic (exact) mass is 360 g/mol.